The van der Waals surface area contributed by atoms with Crippen LogP contribution in [0.3, 0.4) is 0 Å². The van der Waals surface area contributed by atoms with Gasteiger partial charge in [0, 0.05) is 5.92 Å². The first-order chi connectivity index (χ1) is 5.74. The van der Waals surface area contributed by atoms with Crippen molar-refractivity contribution in [2.75, 3.05) is 0 Å². The standard InChI is InChI=1S/C6H11N5O/c1-5(6(7)10-12)2-11-4-8-3-9-11/h3-5,12H,2H2,1H3,(H2,7,10). The normalized spacial score (nSPS) is 14.6. The number of amidine groups is 1. The molecule has 1 aromatic rings. The van der Waals surface area contributed by atoms with E-state index < -0.39 is 0 Å². The van der Waals surface area contributed by atoms with Crippen molar-refractivity contribution < 1.29 is 5.21 Å². The largest absolute Gasteiger partial charge is 0.409 e. The molecule has 1 atom stereocenters. The van der Waals surface area contributed by atoms with Crippen molar-refractivity contribution in [1.29, 1.82) is 0 Å². The first kappa shape index (κ1) is 8.51. The Morgan fingerprint density at radius 1 is 1.83 bits per heavy atom. The summed E-state index contributed by atoms with van der Waals surface area (Å²) >= 11 is 0. The molecule has 0 amide bonds. The molecule has 0 aromatic carbocycles. The maximum atomic E-state index is 8.35. The predicted molar refractivity (Wildman–Crippen MR) is 42.6 cm³/mol. The molecule has 0 bridgehead atoms. The molecular formula is C6H11N5O. The summed E-state index contributed by atoms with van der Waals surface area (Å²) in [5.74, 6) is 0.155. The van der Waals surface area contributed by atoms with Crippen LogP contribution in [0.2, 0.25) is 0 Å². The van der Waals surface area contributed by atoms with E-state index in [0.717, 1.165) is 0 Å². The van der Waals surface area contributed by atoms with Gasteiger partial charge < -0.3 is 10.9 Å². The number of nitrogens with two attached hydrogens (primary N) is 1. The third-order valence-corrected chi connectivity index (χ3v) is 1.55. The van der Waals surface area contributed by atoms with Gasteiger partial charge in [-0.25, -0.2) is 4.98 Å². The Morgan fingerprint density at radius 2 is 2.58 bits per heavy atom. The van der Waals surface area contributed by atoms with E-state index in [1.807, 2.05) is 6.92 Å². The van der Waals surface area contributed by atoms with Gasteiger partial charge in [0.15, 0.2) is 0 Å². The van der Waals surface area contributed by atoms with Crippen LogP contribution in [0.25, 0.3) is 0 Å². The van der Waals surface area contributed by atoms with Gasteiger partial charge >= 0.3 is 0 Å². The molecule has 6 nitrogen and oxygen atoms in total. The van der Waals surface area contributed by atoms with Crippen LogP contribution in [-0.2, 0) is 6.54 Å². The molecule has 1 aromatic heterocycles. The van der Waals surface area contributed by atoms with Crippen molar-refractivity contribution in [2.24, 2.45) is 16.8 Å². The van der Waals surface area contributed by atoms with Gasteiger partial charge in [0.25, 0.3) is 0 Å². The maximum absolute atomic E-state index is 8.35. The van der Waals surface area contributed by atoms with Gasteiger partial charge in [-0.3, -0.25) is 4.68 Å². The van der Waals surface area contributed by atoms with Gasteiger partial charge in [0.1, 0.15) is 18.5 Å². The highest BCUT2D eigenvalue weighted by molar-refractivity contribution is 5.81. The van der Waals surface area contributed by atoms with E-state index >= 15 is 0 Å². The van der Waals surface area contributed by atoms with E-state index in [-0.39, 0.29) is 11.8 Å². The second-order valence-corrected chi connectivity index (χ2v) is 2.54. The summed E-state index contributed by atoms with van der Waals surface area (Å²) in [7, 11) is 0. The minimum Gasteiger partial charge on any atom is -0.409 e. The minimum absolute atomic E-state index is 0.0447. The summed E-state index contributed by atoms with van der Waals surface area (Å²) in [4.78, 5) is 3.77. The lowest BCUT2D eigenvalue weighted by atomic mass is 10.2. The molecule has 0 saturated heterocycles. The number of hydrogen-bond donors (Lipinski definition) is 2. The van der Waals surface area contributed by atoms with Crippen molar-refractivity contribution in [3.63, 3.8) is 0 Å². The van der Waals surface area contributed by atoms with E-state index in [1.165, 1.54) is 6.33 Å². The van der Waals surface area contributed by atoms with Gasteiger partial charge in [0.05, 0.1) is 6.54 Å². The van der Waals surface area contributed by atoms with Gasteiger partial charge in [0.2, 0.25) is 0 Å². The lowest BCUT2D eigenvalue weighted by molar-refractivity contribution is 0.313. The summed E-state index contributed by atoms with van der Waals surface area (Å²) in [6.07, 6.45) is 3.03. The highest BCUT2D eigenvalue weighted by atomic mass is 16.4. The summed E-state index contributed by atoms with van der Waals surface area (Å²) in [6.45, 7) is 2.41. The SMILES string of the molecule is CC(Cn1cncn1)/C(N)=N/O. The number of nitrogens with zero attached hydrogens (tertiary/aromatic N) is 4. The average molecular weight is 169 g/mol. The van der Waals surface area contributed by atoms with E-state index in [4.69, 9.17) is 10.9 Å². The number of rotatable bonds is 3. The first-order valence-electron chi connectivity index (χ1n) is 3.54. The molecule has 3 N–H and O–H groups in total. The minimum atomic E-state index is -0.0447. The molecule has 0 aliphatic heterocycles. The third kappa shape index (κ3) is 1.94. The summed E-state index contributed by atoms with van der Waals surface area (Å²) in [5, 5.41) is 15.1. The monoisotopic (exact) mass is 169 g/mol. The van der Waals surface area contributed by atoms with E-state index in [2.05, 4.69) is 15.2 Å². The summed E-state index contributed by atoms with van der Waals surface area (Å²) in [6, 6.07) is 0. The van der Waals surface area contributed by atoms with Crippen molar-refractivity contribution in [3.05, 3.63) is 12.7 Å². The fraction of sp³-hybridized carbons (Fsp3) is 0.500. The molecule has 0 radical (unpaired) electrons. The Bertz CT molecular complexity index is 255. The molecule has 12 heavy (non-hydrogen) atoms. The van der Waals surface area contributed by atoms with Crippen LogP contribution in [0.4, 0.5) is 0 Å². The number of hydrogen-bond acceptors (Lipinski definition) is 4. The molecule has 1 heterocycles. The molecule has 0 spiro atoms. The van der Waals surface area contributed by atoms with Gasteiger partial charge in [-0.05, 0) is 0 Å². The molecule has 0 saturated carbocycles. The van der Waals surface area contributed by atoms with Crippen LogP contribution >= 0.6 is 0 Å². The van der Waals surface area contributed by atoms with Crippen molar-refractivity contribution >= 4 is 5.84 Å². The smallest absolute Gasteiger partial charge is 0.143 e. The Hall–Kier alpha value is -1.59. The first-order valence-corrected chi connectivity index (χ1v) is 3.54. The zero-order chi connectivity index (χ0) is 8.97. The molecule has 66 valence electrons. The molecule has 0 aliphatic rings. The van der Waals surface area contributed by atoms with Crippen molar-refractivity contribution in [3.8, 4) is 0 Å². The van der Waals surface area contributed by atoms with Crippen LogP contribution in [0.1, 0.15) is 6.92 Å². The summed E-state index contributed by atoms with van der Waals surface area (Å²) < 4.78 is 1.63. The highest BCUT2D eigenvalue weighted by Gasteiger charge is 2.07. The van der Waals surface area contributed by atoms with Crippen LogP contribution in [-0.4, -0.2) is 25.8 Å². The molecule has 0 aliphatic carbocycles. The molecule has 0 fully saturated rings. The highest BCUT2D eigenvalue weighted by Crippen LogP contribution is 1.97. The predicted octanol–water partition coefficient (Wildman–Crippen LogP) is -0.339. The van der Waals surface area contributed by atoms with Gasteiger partial charge in [-0.1, -0.05) is 12.1 Å². The van der Waals surface area contributed by atoms with Crippen LogP contribution in [0.5, 0.6) is 0 Å². The third-order valence-electron chi connectivity index (χ3n) is 1.55. The average Bonchev–Trinajstić information content (AvgIpc) is 2.55. The van der Waals surface area contributed by atoms with Gasteiger partial charge in [-0.15, -0.1) is 0 Å². The number of aromatic nitrogens is 3. The Morgan fingerprint density at radius 3 is 3.08 bits per heavy atom. The molecule has 6 heteroatoms. The lowest BCUT2D eigenvalue weighted by Crippen LogP contribution is -2.25. The molecule has 1 unspecified atom stereocenters. The van der Waals surface area contributed by atoms with Gasteiger partial charge in [-0.2, -0.15) is 5.10 Å². The molecule has 1 rings (SSSR count). The number of oxime groups is 1. The fourth-order valence-corrected chi connectivity index (χ4v) is 0.800. The Balaban J connectivity index is 2.53. The van der Waals surface area contributed by atoms with E-state index in [0.29, 0.717) is 6.54 Å². The van der Waals surface area contributed by atoms with Crippen LogP contribution in [0, 0.1) is 5.92 Å². The van der Waals surface area contributed by atoms with Crippen LogP contribution in [0.15, 0.2) is 17.8 Å². The molecular weight excluding hydrogens is 158 g/mol. The topological polar surface area (TPSA) is 89.3 Å². The van der Waals surface area contributed by atoms with Crippen LogP contribution < -0.4 is 5.73 Å². The van der Waals surface area contributed by atoms with Crippen molar-refractivity contribution in [2.45, 2.75) is 13.5 Å². The van der Waals surface area contributed by atoms with E-state index in [9.17, 15) is 0 Å². The fourth-order valence-electron chi connectivity index (χ4n) is 0.800. The summed E-state index contributed by atoms with van der Waals surface area (Å²) in [5.41, 5.74) is 5.37. The Labute approximate surface area is 69.7 Å². The van der Waals surface area contributed by atoms with Crippen molar-refractivity contribution in [1.82, 2.24) is 14.8 Å². The van der Waals surface area contributed by atoms with E-state index in [1.54, 1.807) is 11.0 Å². The Kier molecular flexibility index (Phi) is 2.62. The maximum Gasteiger partial charge on any atom is 0.143 e. The second kappa shape index (κ2) is 3.70. The lowest BCUT2D eigenvalue weighted by Gasteiger charge is -2.07. The quantitative estimate of drug-likeness (QED) is 0.280. The zero-order valence-electron chi connectivity index (χ0n) is 6.75. The zero-order valence-corrected chi connectivity index (χ0v) is 6.75. The second-order valence-electron chi connectivity index (χ2n) is 2.54.